The van der Waals surface area contributed by atoms with Crippen molar-refractivity contribution >= 4 is 15.7 Å². The lowest BCUT2D eigenvalue weighted by molar-refractivity contribution is 0.0935. The molecule has 1 heterocycles. The summed E-state index contributed by atoms with van der Waals surface area (Å²) in [6, 6.07) is 9.74. The monoisotopic (exact) mass is 350 g/mol. The lowest BCUT2D eigenvalue weighted by Crippen LogP contribution is -2.35. The lowest BCUT2D eigenvalue weighted by atomic mass is 10.1. The molecule has 1 unspecified atom stereocenters. The number of carbonyl (C=O) groups is 1. The van der Waals surface area contributed by atoms with Crippen LogP contribution in [0.1, 0.15) is 29.1 Å². The first-order valence-electron chi connectivity index (χ1n) is 7.66. The summed E-state index contributed by atoms with van der Waals surface area (Å²) in [5.74, 6) is 0.264. The van der Waals surface area contributed by atoms with Crippen LogP contribution in [0.25, 0.3) is 0 Å². The first kappa shape index (κ1) is 18.2. The number of amides is 1. The molecule has 0 fully saturated rings. The van der Waals surface area contributed by atoms with Crippen molar-refractivity contribution in [2.45, 2.75) is 17.9 Å². The molecular formula is C17H22N2O4S. The van der Waals surface area contributed by atoms with Gasteiger partial charge in [0.25, 0.3) is 5.91 Å². The Labute approximate surface area is 142 Å². The maximum atomic E-state index is 12.5. The predicted molar refractivity (Wildman–Crippen MR) is 91.6 cm³/mol. The molecule has 2 rings (SSSR count). The van der Waals surface area contributed by atoms with Crippen molar-refractivity contribution in [2.24, 2.45) is 0 Å². The zero-order valence-corrected chi connectivity index (χ0v) is 14.8. The SMILES string of the molecule is CCS(=O)(=O)c1ccccc1C(=O)NCC(c1ccco1)N(C)C. The molecule has 0 saturated heterocycles. The highest BCUT2D eigenvalue weighted by molar-refractivity contribution is 7.91. The van der Waals surface area contributed by atoms with Crippen LogP contribution in [-0.2, 0) is 9.84 Å². The molecule has 2 aromatic rings. The van der Waals surface area contributed by atoms with Gasteiger partial charge < -0.3 is 9.73 Å². The first-order chi connectivity index (χ1) is 11.4. The van der Waals surface area contributed by atoms with E-state index in [0.29, 0.717) is 6.54 Å². The second-order valence-electron chi connectivity index (χ2n) is 5.60. The first-order valence-corrected chi connectivity index (χ1v) is 9.32. The van der Waals surface area contributed by atoms with Gasteiger partial charge in [-0.15, -0.1) is 0 Å². The van der Waals surface area contributed by atoms with Crippen LogP contribution < -0.4 is 5.32 Å². The summed E-state index contributed by atoms with van der Waals surface area (Å²) in [4.78, 5) is 14.5. The van der Waals surface area contributed by atoms with E-state index in [9.17, 15) is 13.2 Å². The molecule has 130 valence electrons. The van der Waals surface area contributed by atoms with Gasteiger partial charge in [-0.25, -0.2) is 8.42 Å². The van der Waals surface area contributed by atoms with E-state index in [1.807, 2.05) is 25.1 Å². The van der Waals surface area contributed by atoms with Crippen LogP contribution in [0.2, 0.25) is 0 Å². The quantitative estimate of drug-likeness (QED) is 0.827. The molecule has 7 heteroatoms. The van der Waals surface area contributed by atoms with Gasteiger partial charge in [0.15, 0.2) is 9.84 Å². The zero-order chi connectivity index (χ0) is 17.7. The van der Waals surface area contributed by atoms with Crippen LogP contribution in [0.4, 0.5) is 0 Å². The number of likely N-dealkylation sites (N-methyl/N-ethyl adjacent to an activating group) is 1. The normalized spacial score (nSPS) is 13.0. The molecule has 0 aliphatic heterocycles. The van der Waals surface area contributed by atoms with E-state index in [0.717, 1.165) is 5.76 Å². The maximum absolute atomic E-state index is 12.5. The van der Waals surface area contributed by atoms with E-state index in [-0.39, 0.29) is 22.3 Å². The number of hydrogen-bond acceptors (Lipinski definition) is 5. The molecule has 1 N–H and O–H groups in total. The third-order valence-electron chi connectivity index (χ3n) is 3.80. The van der Waals surface area contributed by atoms with Crippen molar-refractivity contribution in [3.05, 3.63) is 54.0 Å². The summed E-state index contributed by atoms with van der Waals surface area (Å²) in [6.07, 6.45) is 1.58. The molecule has 1 atom stereocenters. The second kappa shape index (κ2) is 7.63. The molecule has 0 saturated carbocycles. The number of furan rings is 1. The fraction of sp³-hybridized carbons (Fsp3) is 0.353. The molecule has 0 bridgehead atoms. The average molecular weight is 350 g/mol. The van der Waals surface area contributed by atoms with Crippen LogP contribution in [0.15, 0.2) is 52.0 Å². The second-order valence-corrected chi connectivity index (χ2v) is 7.85. The van der Waals surface area contributed by atoms with Crippen molar-refractivity contribution in [1.29, 1.82) is 0 Å². The van der Waals surface area contributed by atoms with Gasteiger partial charge in [0, 0.05) is 6.54 Å². The molecule has 6 nitrogen and oxygen atoms in total. The lowest BCUT2D eigenvalue weighted by Gasteiger charge is -2.22. The largest absolute Gasteiger partial charge is 0.468 e. The molecule has 0 aliphatic carbocycles. The Morgan fingerprint density at radius 2 is 1.92 bits per heavy atom. The van der Waals surface area contributed by atoms with Gasteiger partial charge in [0.05, 0.1) is 28.5 Å². The van der Waals surface area contributed by atoms with Crippen LogP contribution in [0, 0.1) is 0 Å². The Hall–Kier alpha value is -2.12. The Kier molecular flexibility index (Phi) is 5.80. The highest BCUT2D eigenvalue weighted by atomic mass is 32.2. The number of benzene rings is 1. The van der Waals surface area contributed by atoms with Crippen molar-refractivity contribution in [3.63, 3.8) is 0 Å². The number of nitrogens with one attached hydrogen (secondary N) is 1. The van der Waals surface area contributed by atoms with E-state index >= 15 is 0 Å². The number of carbonyl (C=O) groups excluding carboxylic acids is 1. The van der Waals surface area contributed by atoms with Crippen LogP contribution in [0.3, 0.4) is 0 Å². The average Bonchev–Trinajstić information content (AvgIpc) is 3.08. The fourth-order valence-corrected chi connectivity index (χ4v) is 3.48. The topological polar surface area (TPSA) is 79.6 Å². The summed E-state index contributed by atoms with van der Waals surface area (Å²) >= 11 is 0. The van der Waals surface area contributed by atoms with Crippen LogP contribution in [-0.4, -0.2) is 45.6 Å². The predicted octanol–water partition coefficient (Wildman–Crippen LogP) is 2.11. The van der Waals surface area contributed by atoms with Crippen molar-refractivity contribution in [1.82, 2.24) is 10.2 Å². The molecule has 0 radical (unpaired) electrons. The smallest absolute Gasteiger partial charge is 0.252 e. The standard InChI is InChI=1S/C17H22N2O4S/c1-4-24(21,22)16-10-6-5-8-13(16)17(20)18-12-14(19(2)3)15-9-7-11-23-15/h5-11,14H,4,12H2,1-3H3,(H,18,20). The molecule has 1 amide bonds. The van der Waals surface area contributed by atoms with E-state index in [1.54, 1.807) is 31.4 Å². The fourth-order valence-electron chi connectivity index (χ4n) is 2.38. The zero-order valence-electron chi connectivity index (χ0n) is 14.0. The highest BCUT2D eigenvalue weighted by Gasteiger charge is 2.22. The Bertz CT molecular complexity index is 783. The number of sulfone groups is 1. The molecule has 0 aliphatic rings. The van der Waals surface area contributed by atoms with Gasteiger partial charge in [-0.3, -0.25) is 9.69 Å². The third-order valence-corrected chi connectivity index (χ3v) is 5.58. The van der Waals surface area contributed by atoms with Crippen molar-refractivity contribution < 1.29 is 17.6 Å². The van der Waals surface area contributed by atoms with Crippen LogP contribution >= 0.6 is 0 Å². The molecule has 24 heavy (non-hydrogen) atoms. The molecule has 0 spiro atoms. The van der Waals surface area contributed by atoms with Gasteiger partial charge in [0.1, 0.15) is 5.76 Å². The third kappa shape index (κ3) is 4.04. The highest BCUT2D eigenvalue weighted by Crippen LogP contribution is 2.19. The maximum Gasteiger partial charge on any atom is 0.252 e. The summed E-state index contributed by atoms with van der Waals surface area (Å²) in [5, 5.41) is 2.80. The molecule has 1 aromatic carbocycles. The van der Waals surface area contributed by atoms with Gasteiger partial charge in [-0.05, 0) is 38.4 Å². The van der Waals surface area contributed by atoms with E-state index in [2.05, 4.69) is 5.32 Å². The number of hydrogen-bond donors (Lipinski definition) is 1. The summed E-state index contributed by atoms with van der Waals surface area (Å²) < 4.78 is 29.7. The summed E-state index contributed by atoms with van der Waals surface area (Å²) in [6.45, 7) is 1.86. The van der Waals surface area contributed by atoms with Gasteiger partial charge in [0.2, 0.25) is 0 Å². The Morgan fingerprint density at radius 1 is 1.21 bits per heavy atom. The summed E-state index contributed by atoms with van der Waals surface area (Å²) in [5.41, 5.74) is 0.163. The van der Waals surface area contributed by atoms with Gasteiger partial charge in [-0.1, -0.05) is 19.1 Å². The van der Waals surface area contributed by atoms with Crippen molar-refractivity contribution in [3.8, 4) is 0 Å². The van der Waals surface area contributed by atoms with Crippen LogP contribution in [0.5, 0.6) is 0 Å². The minimum atomic E-state index is -3.46. The Balaban J connectivity index is 2.19. The number of rotatable bonds is 7. The minimum absolute atomic E-state index is 0.0516. The molecular weight excluding hydrogens is 328 g/mol. The van der Waals surface area contributed by atoms with E-state index in [4.69, 9.17) is 4.42 Å². The Morgan fingerprint density at radius 3 is 2.50 bits per heavy atom. The number of nitrogens with zero attached hydrogens (tertiary/aromatic N) is 1. The van der Waals surface area contributed by atoms with E-state index in [1.165, 1.54) is 12.1 Å². The van der Waals surface area contributed by atoms with E-state index < -0.39 is 15.7 Å². The van der Waals surface area contributed by atoms with Crippen molar-refractivity contribution in [2.75, 3.05) is 26.4 Å². The van der Waals surface area contributed by atoms with Gasteiger partial charge >= 0.3 is 0 Å². The molecule has 1 aromatic heterocycles. The van der Waals surface area contributed by atoms with Gasteiger partial charge in [-0.2, -0.15) is 0 Å². The summed E-state index contributed by atoms with van der Waals surface area (Å²) in [7, 11) is 0.306. The minimum Gasteiger partial charge on any atom is -0.468 e.